The van der Waals surface area contributed by atoms with Gasteiger partial charge in [-0.2, -0.15) is 0 Å². The minimum Gasteiger partial charge on any atom is -0.480 e. The summed E-state index contributed by atoms with van der Waals surface area (Å²) < 4.78 is 1.72. The molecule has 3 heterocycles. The van der Waals surface area contributed by atoms with E-state index in [9.17, 15) is 19.5 Å². The quantitative estimate of drug-likeness (QED) is 0.740. The zero-order chi connectivity index (χ0) is 19.6. The fraction of sp³-hybridized carbons (Fsp3) is 0.474. The number of amides is 1. The van der Waals surface area contributed by atoms with E-state index in [1.54, 1.807) is 17.6 Å². The molecule has 1 aliphatic rings. The number of nitrogens with zero attached hydrogens (tertiary/aromatic N) is 2. The number of carbonyl (C=O) groups is 2. The number of carboxylic acid groups (broad SMARTS) is 1. The van der Waals surface area contributed by atoms with Crippen LogP contribution in [0.15, 0.2) is 17.4 Å². The zero-order valence-electron chi connectivity index (χ0n) is 15.3. The number of allylic oxidation sites excluding steroid dienone is 1. The number of nitrogens with one attached hydrogen (secondary N) is 1. The van der Waals surface area contributed by atoms with E-state index in [4.69, 9.17) is 0 Å². The third-order valence-corrected chi connectivity index (χ3v) is 6.07. The van der Waals surface area contributed by atoms with E-state index < -0.39 is 17.9 Å². The van der Waals surface area contributed by atoms with Crippen molar-refractivity contribution < 1.29 is 14.7 Å². The van der Waals surface area contributed by atoms with Crippen LogP contribution in [0.2, 0.25) is 0 Å². The third kappa shape index (κ3) is 3.80. The van der Waals surface area contributed by atoms with Crippen LogP contribution in [0.25, 0.3) is 10.2 Å². The summed E-state index contributed by atoms with van der Waals surface area (Å²) >= 11 is 1.15. The van der Waals surface area contributed by atoms with Gasteiger partial charge in [-0.15, -0.1) is 17.9 Å². The molecule has 3 rings (SSSR count). The van der Waals surface area contributed by atoms with Crippen molar-refractivity contribution in [3.8, 4) is 0 Å². The van der Waals surface area contributed by atoms with Crippen LogP contribution in [0.1, 0.15) is 53.2 Å². The number of fused-ring (bicyclic) bond motifs is 2. The van der Waals surface area contributed by atoms with Gasteiger partial charge in [0.15, 0.2) is 0 Å². The molecule has 0 saturated heterocycles. The maximum absolute atomic E-state index is 12.9. The monoisotopic (exact) mass is 389 g/mol. The van der Waals surface area contributed by atoms with Gasteiger partial charge in [0.25, 0.3) is 11.5 Å². The lowest BCUT2D eigenvalue weighted by Crippen LogP contribution is -2.40. The van der Waals surface area contributed by atoms with Gasteiger partial charge in [-0.3, -0.25) is 14.2 Å². The normalized spacial score (nSPS) is 15.0. The van der Waals surface area contributed by atoms with Gasteiger partial charge in [-0.25, -0.2) is 9.78 Å². The minimum absolute atomic E-state index is 0.105. The Morgan fingerprint density at radius 3 is 2.89 bits per heavy atom. The molecule has 27 heavy (non-hydrogen) atoms. The predicted octanol–water partition coefficient (Wildman–Crippen LogP) is 2.64. The molecule has 0 aliphatic carbocycles. The molecule has 0 radical (unpaired) electrons. The number of aromatic nitrogens is 2. The number of hydrogen-bond acceptors (Lipinski definition) is 5. The van der Waals surface area contributed by atoms with Crippen LogP contribution in [-0.2, 0) is 17.8 Å². The van der Waals surface area contributed by atoms with E-state index >= 15 is 0 Å². The second-order valence-electron chi connectivity index (χ2n) is 6.76. The van der Waals surface area contributed by atoms with Gasteiger partial charge in [0.2, 0.25) is 0 Å². The maximum Gasteiger partial charge on any atom is 0.326 e. The number of hydrogen-bond donors (Lipinski definition) is 2. The van der Waals surface area contributed by atoms with Crippen molar-refractivity contribution in [3.05, 3.63) is 39.3 Å². The van der Waals surface area contributed by atoms with E-state index in [0.29, 0.717) is 33.6 Å². The lowest BCUT2D eigenvalue weighted by Gasteiger charge is -2.13. The van der Waals surface area contributed by atoms with Gasteiger partial charge in [-0.05, 0) is 38.2 Å². The van der Waals surface area contributed by atoms with Gasteiger partial charge >= 0.3 is 5.97 Å². The molecule has 0 aromatic carbocycles. The van der Waals surface area contributed by atoms with Crippen molar-refractivity contribution in [1.82, 2.24) is 14.9 Å². The molecule has 0 bridgehead atoms. The lowest BCUT2D eigenvalue weighted by molar-refractivity contribution is -0.139. The van der Waals surface area contributed by atoms with Gasteiger partial charge in [-0.1, -0.05) is 12.5 Å². The highest BCUT2D eigenvalue weighted by Gasteiger charge is 2.25. The Kier molecular flexibility index (Phi) is 5.74. The number of thiophene rings is 1. The standard InChI is InChI=1S/C19H23N3O4S/c1-3-4-8-12(19(25)26)20-16(23)15-11(2)14-17(27-15)21-13-9-6-5-7-10-22(13)18(14)24/h3,12H,1,4-10H2,2H3,(H,20,23)(H,25,26). The summed E-state index contributed by atoms with van der Waals surface area (Å²) in [7, 11) is 0. The SMILES string of the molecule is C=CCCC(NC(=O)c1sc2nc3n(c(=O)c2c1C)CCCCC3)C(=O)O. The molecule has 0 fully saturated rings. The molecular formula is C19H23N3O4S. The molecule has 7 nitrogen and oxygen atoms in total. The molecular weight excluding hydrogens is 366 g/mol. The molecule has 0 saturated carbocycles. The highest BCUT2D eigenvalue weighted by atomic mass is 32.1. The van der Waals surface area contributed by atoms with Gasteiger partial charge < -0.3 is 10.4 Å². The molecule has 1 unspecified atom stereocenters. The fourth-order valence-electron chi connectivity index (χ4n) is 3.39. The lowest BCUT2D eigenvalue weighted by atomic mass is 10.1. The smallest absolute Gasteiger partial charge is 0.326 e. The van der Waals surface area contributed by atoms with Crippen molar-refractivity contribution in [1.29, 1.82) is 0 Å². The Morgan fingerprint density at radius 2 is 2.19 bits per heavy atom. The molecule has 1 amide bonds. The number of aliphatic carboxylic acids is 1. The molecule has 1 atom stereocenters. The Labute approximate surface area is 160 Å². The van der Waals surface area contributed by atoms with Crippen molar-refractivity contribution in [2.24, 2.45) is 0 Å². The third-order valence-electron chi connectivity index (χ3n) is 4.88. The summed E-state index contributed by atoms with van der Waals surface area (Å²) in [4.78, 5) is 42.5. The van der Waals surface area contributed by atoms with Gasteiger partial charge in [0.05, 0.1) is 10.3 Å². The van der Waals surface area contributed by atoms with Crippen LogP contribution in [0.5, 0.6) is 0 Å². The first-order valence-corrected chi connectivity index (χ1v) is 9.93. The van der Waals surface area contributed by atoms with E-state index in [0.717, 1.165) is 42.8 Å². The van der Waals surface area contributed by atoms with Crippen LogP contribution in [-0.4, -0.2) is 32.6 Å². The molecule has 2 aromatic rings. The summed E-state index contributed by atoms with van der Waals surface area (Å²) in [5.41, 5.74) is 0.462. The van der Waals surface area contributed by atoms with Crippen LogP contribution < -0.4 is 10.9 Å². The van der Waals surface area contributed by atoms with Crippen LogP contribution in [0, 0.1) is 6.92 Å². The van der Waals surface area contributed by atoms with E-state index in [1.165, 1.54) is 0 Å². The average Bonchev–Trinajstić information content (AvgIpc) is 2.80. The predicted molar refractivity (Wildman–Crippen MR) is 104 cm³/mol. The fourth-order valence-corrected chi connectivity index (χ4v) is 4.49. The molecule has 2 N–H and O–H groups in total. The minimum atomic E-state index is -1.09. The summed E-state index contributed by atoms with van der Waals surface area (Å²) in [6.45, 7) is 5.95. The summed E-state index contributed by atoms with van der Waals surface area (Å²) in [6, 6.07) is -0.995. The van der Waals surface area contributed by atoms with Crippen molar-refractivity contribution >= 4 is 33.4 Å². The second kappa shape index (κ2) is 8.04. The number of carbonyl (C=O) groups excluding carboxylic acids is 1. The topological polar surface area (TPSA) is 101 Å². The van der Waals surface area contributed by atoms with Crippen molar-refractivity contribution in [2.45, 2.75) is 58.0 Å². The first kappa shape index (κ1) is 19.3. The maximum atomic E-state index is 12.9. The second-order valence-corrected chi connectivity index (χ2v) is 7.76. The Bertz CT molecular complexity index is 960. The zero-order valence-corrected chi connectivity index (χ0v) is 16.1. The van der Waals surface area contributed by atoms with Crippen molar-refractivity contribution in [3.63, 3.8) is 0 Å². The first-order chi connectivity index (χ1) is 12.9. The Morgan fingerprint density at radius 1 is 1.41 bits per heavy atom. The van der Waals surface area contributed by atoms with E-state index in [1.807, 2.05) is 0 Å². The number of rotatable bonds is 6. The first-order valence-electron chi connectivity index (χ1n) is 9.11. The summed E-state index contributed by atoms with van der Waals surface area (Å²) in [5.74, 6) is -0.798. The Hall–Kier alpha value is -2.48. The summed E-state index contributed by atoms with van der Waals surface area (Å²) in [6.07, 6.45) is 6.14. The summed E-state index contributed by atoms with van der Waals surface area (Å²) in [5, 5.41) is 12.3. The average molecular weight is 389 g/mol. The van der Waals surface area contributed by atoms with Crippen LogP contribution in [0.4, 0.5) is 0 Å². The Balaban J connectivity index is 1.98. The van der Waals surface area contributed by atoms with E-state index in [2.05, 4.69) is 16.9 Å². The number of aryl methyl sites for hydroxylation is 2. The molecule has 1 aliphatic heterocycles. The molecule has 8 heteroatoms. The molecule has 144 valence electrons. The van der Waals surface area contributed by atoms with E-state index in [-0.39, 0.29) is 12.0 Å². The molecule has 0 spiro atoms. The highest BCUT2D eigenvalue weighted by molar-refractivity contribution is 7.20. The largest absolute Gasteiger partial charge is 0.480 e. The highest BCUT2D eigenvalue weighted by Crippen LogP contribution is 2.28. The van der Waals surface area contributed by atoms with Crippen molar-refractivity contribution in [2.75, 3.05) is 0 Å². The van der Waals surface area contributed by atoms with Crippen LogP contribution in [0.3, 0.4) is 0 Å². The van der Waals surface area contributed by atoms with Gasteiger partial charge in [0, 0.05) is 13.0 Å². The van der Waals surface area contributed by atoms with Gasteiger partial charge in [0.1, 0.15) is 16.7 Å². The van der Waals surface area contributed by atoms with Crippen LogP contribution >= 0.6 is 11.3 Å². The molecule has 2 aromatic heterocycles. The number of carboxylic acids is 1.